The SMILES string of the molecule is Oc1c(O)c(O)c(-c2c3ccccc3c(-c3ccc(-c4cccc5ccccc45)cc3)c3c2ccc2ccccc23)c(O)c1O. The molecule has 0 spiro atoms. The zero-order chi connectivity index (χ0) is 30.8. The number of phenols is 5. The molecule has 5 heteroatoms. The van der Waals surface area contributed by atoms with Crippen molar-refractivity contribution in [1.29, 1.82) is 0 Å². The van der Waals surface area contributed by atoms with E-state index in [0.717, 1.165) is 43.8 Å². The number of benzene rings is 8. The van der Waals surface area contributed by atoms with Crippen LogP contribution >= 0.6 is 0 Å². The van der Waals surface area contributed by atoms with Gasteiger partial charge in [0.2, 0.25) is 17.2 Å². The lowest BCUT2D eigenvalue weighted by molar-refractivity contribution is 0.330. The van der Waals surface area contributed by atoms with Crippen molar-refractivity contribution in [3.8, 4) is 62.1 Å². The highest BCUT2D eigenvalue weighted by atomic mass is 16.4. The third-order valence-electron chi connectivity index (χ3n) is 8.81. The van der Waals surface area contributed by atoms with Crippen LogP contribution < -0.4 is 0 Å². The van der Waals surface area contributed by atoms with Gasteiger partial charge in [-0.25, -0.2) is 0 Å². The molecule has 8 aromatic rings. The highest BCUT2D eigenvalue weighted by molar-refractivity contribution is 6.28. The van der Waals surface area contributed by atoms with Crippen molar-refractivity contribution < 1.29 is 25.5 Å². The van der Waals surface area contributed by atoms with E-state index in [4.69, 9.17) is 0 Å². The van der Waals surface area contributed by atoms with Crippen molar-refractivity contribution in [2.24, 2.45) is 0 Å². The van der Waals surface area contributed by atoms with Crippen molar-refractivity contribution in [3.63, 3.8) is 0 Å². The Labute approximate surface area is 257 Å². The van der Waals surface area contributed by atoms with Gasteiger partial charge in [-0.1, -0.05) is 127 Å². The van der Waals surface area contributed by atoms with Crippen LogP contribution in [-0.4, -0.2) is 25.5 Å². The van der Waals surface area contributed by atoms with Crippen LogP contribution in [0.4, 0.5) is 0 Å². The number of hydrogen-bond donors (Lipinski definition) is 5. The standard InChI is InChI=1S/C40H26O5/c41-36-35(37(42)39(44)40(45)38(36)43)34-30-14-6-5-13-29(30)32(33-28-12-4-2-9-23(28)20-21-31(33)34)25-18-16-24(17-19-25)27-15-7-10-22-8-1-3-11-26(22)27/h1-21,41-45H. The second kappa shape index (κ2) is 9.93. The molecule has 8 rings (SSSR count). The maximum absolute atomic E-state index is 11.1. The molecule has 0 radical (unpaired) electrons. The average Bonchev–Trinajstić information content (AvgIpc) is 3.09. The minimum absolute atomic E-state index is 0.169. The van der Waals surface area contributed by atoms with Gasteiger partial charge in [0.05, 0.1) is 5.56 Å². The molecular formula is C40H26O5. The Morgan fingerprint density at radius 3 is 1.44 bits per heavy atom. The van der Waals surface area contributed by atoms with E-state index < -0.39 is 28.7 Å². The summed E-state index contributed by atoms with van der Waals surface area (Å²) in [6, 6.07) is 42.7. The lowest BCUT2D eigenvalue weighted by Crippen LogP contribution is -1.93. The van der Waals surface area contributed by atoms with E-state index in [0.29, 0.717) is 16.3 Å². The Morgan fingerprint density at radius 2 is 0.778 bits per heavy atom. The third kappa shape index (κ3) is 3.88. The first-order chi connectivity index (χ1) is 21.9. The van der Waals surface area contributed by atoms with E-state index in [1.807, 2.05) is 72.8 Å². The topological polar surface area (TPSA) is 101 Å². The summed E-state index contributed by atoms with van der Waals surface area (Å²) in [7, 11) is 0. The van der Waals surface area contributed by atoms with E-state index >= 15 is 0 Å². The third-order valence-corrected chi connectivity index (χ3v) is 8.81. The van der Waals surface area contributed by atoms with Gasteiger partial charge >= 0.3 is 0 Å². The predicted octanol–water partition coefficient (Wildman–Crippen LogP) is 9.83. The fourth-order valence-corrected chi connectivity index (χ4v) is 6.73. The van der Waals surface area contributed by atoms with Gasteiger partial charge in [-0.3, -0.25) is 0 Å². The number of rotatable bonds is 3. The van der Waals surface area contributed by atoms with Crippen LogP contribution in [0.2, 0.25) is 0 Å². The number of hydrogen-bond acceptors (Lipinski definition) is 5. The molecule has 0 heterocycles. The molecule has 0 aliphatic carbocycles. The smallest absolute Gasteiger partial charge is 0.208 e. The first-order valence-electron chi connectivity index (χ1n) is 14.6. The molecule has 0 fully saturated rings. The van der Waals surface area contributed by atoms with E-state index in [-0.39, 0.29) is 5.56 Å². The van der Waals surface area contributed by atoms with Crippen LogP contribution in [0, 0.1) is 0 Å². The second-order valence-corrected chi connectivity index (χ2v) is 11.2. The first kappa shape index (κ1) is 26.4. The maximum atomic E-state index is 11.1. The Morgan fingerprint density at radius 1 is 0.289 bits per heavy atom. The fourth-order valence-electron chi connectivity index (χ4n) is 6.73. The van der Waals surface area contributed by atoms with Crippen LogP contribution in [0.25, 0.3) is 76.5 Å². The largest absolute Gasteiger partial charge is 0.504 e. The van der Waals surface area contributed by atoms with Crippen molar-refractivity contribution in [2.75, 3.05) is 0 Å². The monoisotopic (exact) mass is 586 g/mol. The molecule has 0 atom stereocenters. The van der Waals surface area contributed by atoms with Gasteiger partial charge in [-0.05, 0) is 65.3 Å². The lowest BCUT2D eigenvalue weighted by atomic mass is 9.83. The van der Waals surface area contributed by atoms with Gasteiger partial charge < -0.3 is 25.5 Å². The molecule has 0 unspecified atom stereocenters. The number of phenolic OH excluding ortho intramolecular Hbond substituents is 5. The number of fused-ring (bicyclic) bond motifs is 5. The van der Waals surface area contributed by atoms with Gasteiger partial charge in [0.1, 0.15) is 0 Å². The average molecular weight is 587 g/mol. The summed E-state index contributed by atoms with van der Waals surface area (Å²) in [6.07, 6.45) is 0. The Hall–Kier alpha value is -6.20. The summed E-state index contributed by atoms with van der Waals surface area (Å²) < 4.78 is 0. The minimum atomic E-state index is -0.990. The molecule has 5 N–H and O–H groups in total. The van der Waals surface area contributed by atoms with Crippen LogP contribution in [-0.2, 0) is 0 Å². The molecule has 216 valence electrons. The van der Waals surface area contributed by atoms with E-state index in [1.165, 1.54) is 10.8 Å². The molecule has 0 amide bonds. The summed E-state index contributed by atoms with van der Waals surface area (Å²) >= 11 is 0. The van der Waals surface area contributed by atoms with Crippen LogP contribution in [0.5, 0.6) is 28.7 Å². The Bertz CT molecular complexity index is 2440. The van der Waals surface area contributed by atoms with E-state index in [9.17, 15) is 25.5 Å². The zero-order valence-corrected chi connectivity index (χ0v) is 23.9. The second-order valence-electron chi connectivity index (χ2n) is 11.2. The van der Waals surface area contributed by atoms with Gasteiger partial charge in [-0.15, -0.1) is 0 Å². The molecular weight excluding hydrogens is 560 g/mol. The van der Waals surface area contributed by atoms with E-state index in [2.05, 4.69) is 54.6 Å². The lowest BCUT2D eigenvalue weighted by Gasteiger charge is -2.21. The summed E-state index contributed by atoms with van der Waals surface area (Å²) in [5.74, 6) is -4.27. The molecule has 45 heavy (non-hydrogen) atoms. The quantitative estimate of drug-likeness (QED) is 0.0614. The normalized spacial score (nSPS) is 11.6. The molecule has 5 nitrogen and oxygen atoms in total. The van der Waals surface area contributed by atoms with Crippen molar-refractivity contribution in [3.05, 3.63) is 127 Å². The van der Waals surface area contributed by atoms with Gasteiger partial charge in [-0.2, -0.15) is 0 Å². The first-order valence-corrected chi connectivity index (χ1v) is 14.6. The maximum Gasteiger partial charge on any atom is 0.208 e. The summed E-state index contributed by atoms with van der Waals surface area (Å²) in [4.78, 5) is 0. The van der Waals surface area contributed by atoms with Gasteiger partial charge in [0, 0.05) is 5.56 Å². The molecule has 0 saturated carbocycles. The number of aromatic hydroxyl groups is 5. The minimum Gasteiger partial charge on any atom is -0.504 e. The summed E-state index contributed by atoms with van der Waals surface area (Å²) in [6.45, 7) is 0. The molecule has 0 aromatic heterocycles. The molecule has 8 aromatic carbocycles. The predicted molar refractivity (Wildman–Crippen MR) is 181 cm³/mol. The Balaban J connectivity index is 1.48. The zero-order valence-electron chi connectivity index (χ0n) is 23.9. The van der Waals surface area contributed by atoms with Crippen LogP contribution in [0.3, 0.4) is 0 Å². The van der Waals surface area contributed by atoms with Crippen molar-refractivity contribution >= 4 is 43.1 Å². The molecule has 0 bridgehead atoms. The highest BCUT2D eigenvalue weighted by Crippen LogP contribution is 2.58. The Kier molecular flexibility index (Phi) is 5.83. The molecule has 0 aliphatic rings. The molecule has 0 saturated heterocycles. The van der Waals surface area contributed by atoms with Gasteiger partial charge in [0.25, 0.3) is 0 Å². The fraction of sp³-hybridized carbons (Fsp3) is 0. The van der Waals surface area contributed by atoms with Gasteiger partial charge in [0.15, 0.2) is 11.5 Å². The summed E-state index contributed by atoms with van der Waals surface area (Å²) in [5.41, 5.74) is 4.44. The van der Waals surface area contributed by atoms with Crippen LogP contribution in [0.1, 0.15) is 0 Å². The highest BCUT2D eigenvalue weighted by Gasteiger charge is 2.28. The van der Waals surface area contributed by atoms with Crippen molar-refractivity contribution in [2.45, 2.75) is 0 Å². The molecule has 0 aliphatic heterocycles. The summed E-state index contributed by atoms with van der Waals surface area (Å²) in [5, 5.41) is 60.8. The van der Waals surface area contributed by atoms with Crippen LogP contribution in [0.15, 0.2) is 127 Å². The van der Waals surface area contributed by atoms with E-state index in [1.54, 1.807) is 0 Å². The van der Waals surface area contributed by atoms with Crippen molar-refractivity contribution in [1.82, 2.24) is 0 Å².